The molecule has 1 amide bonds. The van der Waals surface area contributed by atoms with Gasteiger partial charge in [-0.2, -0.15) is 0 Å². The van der Waals surface area contributed by atoms with Crippen LogP contribution in [-0.4, -0.2) is 53.4 Å². The average molecular weight is 660 g/mol. The van der Waals surface area contributed by atoms with Gasteiger partial charge in [-0.3, -0.25) is 9.69 Å². The van der Waals surface area contributed by atoms with Crippen LogP contribution in [0.3, 0.4) is 0 Å². The number of halogens is 1. The lowest BCUT2D eigenvalue weighted by Gasteiger charge is -2.45. The third-order valence-corrected chi connectivity index (χ3v) is 12.4. The smallest absolute Gasteiger partial charge is 0.251 e. The number of fused-ring (bicyclic) bond motifs is 3. The van der Waals surface area contributed by atoms with Crippen molar-refractivity contribution in [1.29, 1.82) is 0 Å². The molecule has 8 nitrogen and oxygen atoms in total. The standard InChI is InChI=1S/C36H42ClN5O3S/c1-24-39-32-9-5-6-10-33(32)42(24)30-22-28-12-13-29(23-30)41(28)20-19-36(26-7-3-2-4-8-26)17-15-27(16-18-36)40-35(43)25-11-14-31(37)34(21-25)46(38,44)45/h2-11,14,21,27-30H,12-13,15-20,22-23H2,1H3,(H,40,43)(H2,38,44,45)/t27?,28-,29+,30?,36?. The van der Waals surface area contributed by atoms with Crippen LogP contribution in [0.5, 0.6) is 0 Å². The summed E-state index contributed by atoms with van der Waals surface area (Å²) in [5.41, 5.74) is 4.03. The first-order valence-electron chi connectivity index (χ1n) is 16.5. The number of carbonyl (C=O) groups is 1. The normalized spacial score (nSPS) is 26.8. The number of rotatable bonds is 8. The second kappa shape index (κ2) is 12.4. The summed E-state index contributed by atoms with van der Waals surface area (Å²) in [6.45, 7) is 3.23. The predicted octanol–water partition coefficient (Wildman–Crippen LogP) is 6.51. The Morgan fingerprint density at radius 1 is 0.957 bits per heavy atom. The van der Waals surface area contributed by atoms with Gasteiger partial charge in [0.25, 0.3) is 5.91 Å². The molecule has 3 atom stereocenters. The lowest BCUT2D eigenvalue weighted by Crippen LogP contribution is -2.47. The number of nitrogens with zero attached hydrogens (tertiary/aromatic N) is 3. The highest BCUT2D eigenvalue weighted by Crippen LogP contribution is 2.46. The van der Waals surface area contributed by atoms with Gasteiger partial charge in [0.1, 0.15) is 10.7 Å². The Kier molecular flexibility index (Phi) is 8.46. The Labute approximate surface area is 276 Å². The molecule has 10 heteroatoms. The van der Waals surface area contributed by atoms with E-state index in [-0.39, 0.29) is 32.8 Å². The molecule has 2 aliphatic heterocycles. The van der Waals surface area contributed by atoms with E-state index < -0.39 is 10.0 Å². The van der Waals surface area contributed by atoms with Crippen molar-refractivity contribution in [3.63, 3.8) is 0 Å². The minimum atomic E-state index is -4.03. The van der Waals surface area contributed by atoms with Crippen LogP contribution in [0.4, 0.5) is 0 Å². The van der Waals surface area contributed by atoms with Crippen LogP contribution >= 0.6 is 11.6 Å². The highest BCUT2D eigenvalue weighted by Gasteiger charge is 2.44. The number of aromatic nitrogens is 2. The molecule has 7 rings (SSSR count). The number of primary sulfonamides is 1. The fourth-order valence-electron chi connectivity index (χ4n) is 8.71. The van der Waals surface area contributed by atoms with Crippen molar-refractivity contribution in [2.24, 2.45) is 5.14 Å². The maximum Gasteiger partial charge on any atom is 0.251 e. The minimum Gasteiger partial charge on any atom is -0.349 e. The number of aryl methyl sites for hydroxylation is 1. The maximum absolute atomic E-state index is 13.1. The first kappa shape index (κ1) is 31.4. The van der Waals surface area contributed by atoms with E-state index in [2.05, 4.69) is 76.3 Å². The monoisotopic (exact) mass is 659 g/mol. The summed E-state index contributed by atoms with van der Waals surface area (Å²) in [7, 11) is -4.03. The summed E-state index contributed by atoms with van der Waals surface area (Å²) >= 11 is 6.03. The van der Waals surface area contributed by atoms with E-state index in [1.807, 2.05) is 0 Å². The molecule has 2 saturated heterocycles. The molecule has 3 fully saturated rings. The SMILES string of the molecule is Cc1nc2ccccc2n1C1C[C@H]2CC[C@@H](C1)N2CCC1(c2ccccc2)CCC(NC(=O)c2ccc(Cl)c(S(N)(=O)=O)c2)CC1. The molecule has 3 N–H and O–H groups in total. The number of hydrogen-bond acceptors (Lipinski definition) is 5. The van der Waals surface area contributed by atoms with Crippen molar-refractivity contribution in [3.05, 3.63) is 94.8 Å². The van der Waals surface area contributed by atoms with E-state index in [0.29, 0.717) is 18.1 Å². The Morgan fingerprint density at radius 3 is 2.33 bits per heavy atom. The van der Waals surface area contributed by atoms with Gasteiger partial charge in [-0.1, -0.05) is 54.1 Å². The molecule has 242 valence electrons. The molecular formula is C36H42ClN5O3S. The summed E-state index contributed by atoms with van der Waals surface area (Å²) < 4.78 is 26.4. The first-order chi connectivity index (χ1) is 22.1. The molecular weight excluding hydrogens is 618 g/mol. The zero-order valence-corrected chi connectivity index (χ0v) is 27.8. The van der Waals surface area contributed by atoms with Gasteiger partial charge in [0.15, 0.2) is 0 Å². The molecule has 1 aromatic heterocycles. The van der Waals surface area contributed by atoms with E-state index in [9.17, 15) is 13.2 Å². The number of nitrogens with two attached hydrogens (primary N) is 1. The number of nitrogens with one attached hydrogen (secondary N) is 1. The van der Waals surface area contributed by atoms with Gasteiger partial charge in [0.05, 0.1) is 16.1 Å². The molecule has 4 aromatic rings. The topological polar surface area (TPSA) is 110 Å². The van der Waals surface area contributed by atoms with Crippen molar-refractivity contribution >= 4 is 38.6 Å². The van der Waals surface area contributed by atoms with Gasteiger partial charge in [-0.05, 0) is 113 Å². The first-order valence-corrected chi connectivity index (χ1v) is 18.4. The number of benzene rings is 3. The Bertz CT molecular complexity index is 1840. The van der Waals surface area contributed by atoms with Crippen molar-refractivity contribution in [3.8, 4) is 0 Å². The Balaban J connectivity index is 1.03. The van der Waals surface area contributed by atoms with Crippen molar-refractivity contribution in [1.82, 2.24) is 19.8 Å². The number of hydrogen-bond donors (Lipinski definition) is 2. The van der Waals surface area contributed by atoms with E-state index in [0.717, 1.165) is 50.0 Å². The summed E-state index contributed by atoms with van der Waals surface area (Å²) in [4.78, 5) is 20.6. The summed E-state index contributed by atoms with van der Waals surface area (Å²) in [6.07, 6.45) is 9.64. The van der Waals surface area contributed by atoms with Gasteiger partial charge >= 0.3 is 0 Å². The molecule has 1 aliphatic carbocycles. The van der Waals surface area contributed by atoms with E-state index in [1.54, 1.807) is 0 Å². The van der Waals surface area contributed by atoms with E-state index in [1.165, 1.54) is 55.0 Å². The van der Waals surface area contributed by atoms with Crippen LogP contribution in [0, 0.1) is 6.92 Å². The van der Waals surface area contributed by atoms with Crippen molar-refractivity contribution in [2.75, 3.05) is 6.54 Å². The highest BCUT2D eigenvalue weighted by molar-refractivity contribution is 7.89. The maximum atomic E-state index is 13.1. The third-order valence-electron chi connectivity index (χ3n) is 11.0. The van der Waals surface area contributed by atoms with E-state index in [4.69, 9.17) is 21.7 Å². The number of amides is 1. The highest BCUT2D eigenvalue weighted by atomic mass is 35.5. The quantitative estimate of drug-likeness (QED) is 0.224. The number of carbonyl (C=O) groups excluding carboxylic acids is 1. The fraction of sp³-hybridized carbons (Fsp3) is 0.444. The zero-order chi connectivity index (χ0) is 32.1. The van der Waals surface area contributed by atoms with Crippen LogP contribution in [0.15, 0.2) is 77.7 Å². The molecule has 3 aromatic carbocycles. The molecule has 0 radical (unpaired) electrons. The molecule has 46 heavy (non-hydrogen) atoms. The Hall–Kier alpha value is -3.24. The Morgan fingerprint density at radius 2 is 1.63 bits per heavy atom. The fourth-order valence-corrected chi connectivity index (χ4v) is 9.78. The largest absolute Gasteiger partial charge is 0.349 e. The number of imidazole rings is 1. The minimum absolute atomic E-state index is 0.00682. The number of para-hydroxylation sites is 2. The molecule has 0 spiro atoms. The molecule has 3 heterocycles. The summed E-state index contributed by atoms with van der Waals surface area (Å²) in [6, 6.07) is 25.3. The predicted molar refractivity (Wildman–Crippen MR) is 182 cm³/mol. The molecule has 1 unspecified atom stereocenters. The second-order valence-corrected chi connectivity index (χ2v) is 15.5. The third kappa shape index (κ3) is 5.99. The van der Waals surface area contributed by atoms with Gasteiger partial charge in [-0.15, -0.1) is 0 Å². The molecule has 3 aliphatic rings. The van der Waals surface area contributed by atoms with Gasteiger partial charge in [-0.25, -0.2) is 18.5 Å². The average Bonchev–Trinajstić information content (AvgIpc) is 3.51. The van der Waals surface area contributed by atoms with Crippen molar-refractivity contribution in [2.45, 2.75) is 99.2 Å². The molecule has 1 saturated carbocycles. The van der Waals surface area contributed by atoms with Crippen LogP contribution in [0.2, 0.25) is 5.02 Å². The van der Waals surface area contributed by atoms with Crippen LogP contribution in [0.25, 0.3) is 11.0 Å². The van der Waals surface area contributed by atoms with Crippen molar-refractivity contribution < 1.29 is 13.2 Å². The number of sulfonamides is 1. The summed E-state index contributed by atoms with van der Waals surface area (Å²) in [5.74, 6) is 0.811. The lowest BCUT2D eigenvalue weighted by molar-refractivity contribution is 0.0851. The van der Waals surface area contributed by atoms with Crippen LogP contribution < -0.4 is 10.5 Å². The van der Waals surface area contributed by atoms with Gasteiger partial charge in [0, 0.05) is 29.7 Å². The lowest BCUT2D eigenvalue weighted by atomic mass is 9.66. The number of piperidine rings is 1. The molecule has 2 bridgehead atoms. The van der Waals surface area contributed by atoms with Crippen LogP contribution in [-0.2, 0) is 15.4 Å². The van der Waals surface area contributed by atoms with Gasteiger partial charge in [0.2, 0.25) is 10.0 Å². The van der Waals surface area contributed by atoms with Crippen LogP contribution in [0.1, 0.15) is 85.6 Å². The van der Waals surface area contributed by atoms with E-state index >= 15 is 0 Å². The van der Waals surface area contributed by atoms with Gasteiger partial charge < -0.3 is 9.88 Å². The second-order valence-electron chi connectivity index (χ2n) is 13.6. The summed E-state index contributed by atoms with van der Waals surface area (Å²) in [5, 5.41) is 8.46. The zero-order valence-electron chi connectivity index (χ0n) is 26.2.